The van der Waals surface area contributed by atoms with Crippen molar-refractivity contribution in [2.24, 2.45) is 0 Å². The van der Waals surface area contributed by atoms with Gasteiger partial charge in [0.15, 0.2) is 5.75 Å². The average Bonchev–Trinajstić information content (AvgIpc) is 2.58. The minimum Gasteiger partial charge on any atom is -0.353 e. The molecule has 1 aromatic carbocycles. The van der Waals surface area contributed by atoms with Gasteiger partial charge in [-0.15, -0.1) is 0 Å². The summed E-state index contributed by atoms with van der Waals surface area (Å²) in [7, 11) is 0. The van der Waals surface area contributed by atoms with Crippen LogP contribution in [0.25, 0.3) is 0 Å². The molecule has 0 fully saturated rings. The van der Waals surface area contributed by atoms with Gasteiger partial charge >= 0.3 is 0 Å². The number of halogens is 2. The third-order valence-corrected chi connectivity index (χ3v) is 2.98. The molecule has 0 radical (unpaired) electrons. The van der Waals surface area contributed by atoms with Crippen molar-refractivity contribution in [1.82, 2.24) is 5.23 Å². The molecular formula is C10H9Br2NO2. The second-order valence-electron chi connectivity index (χ2n) is 3.10. The van der Waals surface area contributed by atoms with Crippen LogP contribution >= 0.6 is 31.9 Å². The molecular weight excluding hydrogens is 326 g/mol. The standard InChI is InChI=1S/C10H9Br2NO2/c1-7-4-5-13(14-7)15-10-6-8(11)2-3-9(10)12/h2-7H,1H3. The minimum absolute atomic E-state index is 0.0518. The Morgan fingerprint density at radius 3 is 2.87 bits per heavy atom. The van der Waals surface area contributed by atoms with Gasteiger partial charge in [-0.1, -0.05) is 21.2 Å². The number of hydrogen-bond donors (Lipinski definition) is 0. The first-order valence-corrected chi connectivity index (χ1v) is 6.01. The van der Waals surface area contributed by atoms with E-state index < -0.39 is 0 Å². The Labute approximate surface area is 105 Å². The molecule has 3 nitrogen and oxygen atoms in total. The summed E-state index contributed by atoms with van der Waals surface area (Å²) in [5.41, 5.74) is 0. The molecule has 0 bridgehead atoms. The van der Waals surface area contributed by atoms with Crippen molar-refractivity contribution in [1.29, 1.82) is 0 Å². The lowest BCUT2D eigenvalue weighted by atomic mass is 10.3. The molecule has 1 aliphatic heterocycles. The van der Waals surface area contributed by atoms with Crippen molar-refractivity contribution in [3.05, 3.63) is 39.4 Å². The maximum atomic E-state index is 5.50. The smallest absolute Gasteiger partial charge is 0.173 e. The Morgan fingerprint density at radius 2 is 2.20 bits per heavy atom. The highest BCUT2D eigenvalue weighted by atomic mass is 79.9. The van der Waals surface area contributed by atoms with Gasteiger partial charge in [0.25, 0.3) is 0 Å². The first kappa shape index (κ1) is 11.0. The van der Waals surface area contributed by atoms with Crippen molar-refractivity contribution < 1.29 is 9.68 Å². The van der Waals surface area contributed by atoms with Crippen molar-refractivity contribution >= 4 is 31.9 Å². The number of rotatable bonds is 2. The van der Waals surface area contributed by atoms with Crippen molar-refractivity contribution in [2.75, 3.05) is 0 Å². The molecule has 0 spiro atoms. The fourth-order valence-corrected chi connectivity index (χ4v) is 1.78. The Balaban J connectivity index is 2.11. The normalized spacial score (nSPS) is 19.7. The van der Waals surface area contributed by atoms with Crippen molar-refractivity contribution in [3.63, 3.8) is 0 Å². The summed E-state index contributed by atoms with van der Waals surface area (Å²) in [6, 6.07) is 5.70. The minimum atomic E-state index is 0.0518. The molecule has 0 aromatic heterocycles. The van der Waals surface area contributed by atoms with E-state index in [4.69, 9.17) is 9.68 Å². The molecule has 2 rings (SSSR count). The maximum absolute atomic E-state index is 5.50. The monoisotopic (exact) mass is 333 g/mol. The first-order valence-electron chi connectivity index (χ1n) is 4.42. The van der Waals surface area contributed by atoms with Crippen LogP contribution in [0.5, 0.6) is 5.75 Å². The molecule has 0 saturated heterocycles. The summed E-state index contributed by atoms with van der Waals surface area (Å²) >= 11 is 6.78. The highest BCUT2D eigenvalue weighted by Crippen LogP contribution is 2.29. The van der Waals surface area contributed by atoms with Gasteiger partial charge in [0.1, 0.15) is 6.10 Å². The quantitative estimate of drug-likeness (QED) is 0.824. The van der Waals surface area contributed by atoms with Crippen LogP contribution in [0.4, 0.5) is 0 Å². The predicted molar refractivity (Wildman–Crippen MR) is 64.0 cm³/mol. The first-order chi connectivity index (χ1) is 7.15. The van der Waals surface area contributed by atoms with E-state index in [9.17, 15) is 0 Å². The topological polar surface area (TPSA) is 21.7 Å². The molecule has 1 aromatic rings. The van der Waals surface area contributed by atoms with Gasteiger partial charge in [0.2, 0.25) is 0 Å². The molecule has 0 saturated carbocycles. The van der Waals surface area contributed by atoms with Crippen LogP contribution in [0.2, 0.25) is 0 Å². The summed E-state index contributed by atoms with van der Waals surface area (Å²) in [6.07, 6.45) is 3.71. The van der Waals surface area contributed by atoms with Gasteiger partial charge in [-0.2, -0.15) is 0 Å². The molecule has 1 atom stereocenters. The SMILES string of the molecule is CC1C=CN(Oc2cc(Br)ccc2Br)O1. The highest BCUT2D eigenvalue weighted by molar-refractivity contribution is 9.11. The van der Waals surface area contributed by atoms with Crippen LogP contribution in [0.15, 0.2) is 39.4 Å². The van der Waals surface area contributed by atoms with E-state index in [2.05, 4.69) is 31.9 Å². The van der Waals surface area contributed by atoms with E-state index in [1.165, 1.54) is 5.23 Å². The van der Waals surface area contributed by atoms with Crippen molar-refractivity contribution in [3.8, 4) is 5.75 Å². The largest absolute Gasteiger partial charge is 0.353 e. The molecule has 80 valence electrons. The molecule has 1 aliphatic rings. The summed E-state index contributed by atoms with van der Waals surface area (Å²) in [5.74, 6) is 0.697. The molecule has 1 unspecified atom stereocenters. The molecule has 5 heteroatoms. The summed E-state index contributed by atoms with van der Waals surface area (Å²) in [6.45, 7) is 1.94. The lowest BCUT2D eigenvalue weighted by Gasteiger charge is -2.17. The van der Waals surface area contributed by atoms with E-state index in [1.54, 1.807) is 6.20 Å². The zero-order chi connectivity index (χ0) is 10.8. The van der Waals surface area contributed by atoms with Crippen LogP contribution in [-0.4, -0.2) is 11.3 Å². The fourth-order valence-electron chi connectivity index (χ4n) is 1.12. The zero-order valence-electron chi connectivity index (χ0n) is 7.98. The summed E-state index contributed by atoms with van der Waals surface area (Å²) in [4.78, 5) is 10.8. The third-order valence-electron chi connectivity index (χ3n) is 1.83. The third kappa shape index (κ3) is 2.74. The van der Waals surface area contributed by atoms with Crippen LogP contribution in [0.1, 0.15) is 6.92 Å². The fraction of sp³-hybridized carbons (Fsp3) is 0.200. The predicted octanol–water partition coefficient (Wildman–Crippen LogP) is 3.65. The van der Waals surface area contributed by atoms with Crippen molar-refractivity contribution in [2.45, 2.75) is 13.0 Å². The number of hydrogen-bond acceptors (Lipinski definition) is 3. The molecule has 0 amide bonds. The van der Waals surface area contributed by atoms with E-state index in [-0.39, 0.29) is 6.10 Å². The second-order valence-corrected chi connectivity index (χ2v) is 4.87. The van der Waals surface area contributed by atoms with Gasteiger partial charge in [0, 0.05) is 4.47 Å². The Morgan fingerprint density at radius 1 is 1.40 bits per heavy atom. The lowest BCUT2D eigenvalue weighted by molar-refractivity contribution is -0.281. The zero-order valence-corrected chi connectivity index (χ0v) is 11.2. The van der Waals surface area contributed by atoms with Gasteiger partial charge in [-0.3, -0.25) is 0 Å². The van der Waals surface area contributed by atoms with E-state index in [1.807, 2.05) is 31.2 Å². The Hall–Kier alpha value is -0.520. The molecule has 1 heterocycles. The van der Waals surface area contributed by atoms with Crippen LogP contribution in [0.3, 0.4) is 0 Å². The number of hydroxylamine groups is 2. The van der Waals surface area contributed by atoms with E-state index in [0.717, 1.165) is 8.95 Å². The van der Waals surface area contributed by atoms with Gasteiger partial charge in [-0.05, 0) is 47.1 Å². The molecule has 0 N–H and O–H groups in total. The van der Waals surface area contributed by atoms with Gasteiger partial charge in [0.05, 0.1) is 10.7 Å². The Bertz CT molecular complexity index is 395. The van der Waals surface area contributed by atoms with Crippen LogP contribution in [0, 0.1) is 0 Å². The highest BCUT2D eigenvalue weighted by Gasteiger charge is 2.15. The van der Waals surface area contributed by atoms with Crippen LogP contribution < -0.4 is 4.84 Å². The maximum Gasteiger partial charge on any atom is 0.173 e. The van der Waals surface area contributed by atoms with Crippen LogP contribution in [-0.2, 0) is 4.84 Å². The number of nitrogens with zero attached hydrogens (tertiary/aromatic N) is 1. The average molecular weight is 335 g/mol. The van der Waals surface area contributed by atoms with E-state index in [0.29, 0.717) is 5.75 Å². The lowest BCUT2D eigenvalue weighted by Crippen LogP contribution is -2.20. The second kappa shape index (κ2) is 4.55. The van der Waals surface area contributed by atoms with Gasteiger partial charge < -0.3 is 4.84 Å². The number of benzene rings is 1. The van der Waals surface area contributed by atoms with E-state index >= 15 is 0 Å². The molecule has 15 heavy (non-hydrogen) atoms. The Kier molecular flexibility index (Phi) is 3.33. The summed E-state index contributed by atoms with van der Waals surface area (Å²) in [5, 5.41) is 1.34. The summed E-state index contributed by atoms with van der Waals surface area (Å²) < 4.78 is 1.83. The molecule has 0 aliphatic carbocycles. The van der Waals surface area contributed by atoms with Gasteiger partial charge in [-0.25, -0.2) is 4.84 Å².